The highest BCUT2D eigenvalue weighted by atomic mass is 16.8. The van der Waals surface area contributed by atoms with Crippen molar-refractivity contribution in [2.45, 2.75) is 227 Å². The lowest BCUT2D eigenvalue weighted by atomic mass is 9.44. The van der Waals surface area contributed by atoms with Crippen LogP contribution in [0.3, 0.4) is 0 Å². The largest absolute Gasteiger partial charge is 0.394 e. The van der Waals surface area contributed by atoms with Gasteiger partial charge >= 0.3 is 0 Å². The third kappa shape index (κ3) is 12.0. The van der Waals surface area contributed by atoms with Crippen LogP contribution in [0.15, 0.2) is 0 Å². The van der Waals surface area contributed by atoms with Gasteiger partial charge in [0.2, 0.25) is 0 Å². The maximum atomic E-state index is 11.3. The van der Waals surface area contributed by atoms with Crippen molar-refractivity contribution in [3.63, 3.8) is 0 Å². The Morgan fingerprint density at radius 1 is 0.493 bits per heavy atom. The van der Waals surface area contributed by atoms with Crippen molar-refractivity contribution >= 4 is 0 Å². The Labute approximate surface area is 438 Å². The predicted molar refractivity (Wildman–Crippen MR) is 257 cm³/mol. The van der Waals surface area contributed by atoms with E-state index in [-0.39, 0.29) is 18.6 Å². The van der Waals surface area contributed by atoms with Crippen molar-refractivity contribution in [2.24, 2.45) is 52.3 Å². The molecule has 4 aliphatic carbocycles. The smallest absolute Gasteiger partial charge is 0.187 e. The Hall–Kier alpha value is -0.920. The molecule has 0 radical (unpaired) electrons. The van der Waals surface area contributed by atoms with Crippen LogP contribution in [0.25, 0.3) is 0 Å². The quantitative estimate of drug-likeness (QED) is 0.0593. The van der Waals surface area contributed by atoms with Crippen LogP contribution in [0.1, 0.15) is 97.8 Å². The van der Waals surface area contributed by atoms with Gasteiger partial charge in [-0.3, -0.25) is 0 Å². The summed E-state index contributed by atoms with van der Waals surface area (Å²) in [4.78, 5) is 0. The third-order valence-corrected chi connectivity index (χ3v) is 19.9. The minimum absolute atomic E-state index is 0.159. The van der Waals surface area contributed by atoms with Gasteiger partial charge in [0.25, 0.3) is 0 Å². The summed E-state index contributed by atoms with van der Waals surface area (Å²) < 4.78 is 52.2. The van der Waals surface area contributed by atoms with Gasteiger partial charge in [0.1, 0.15) is 97.7 Å². The molecular weight excluding hydrogens is 993 g/mol. The molecule has 8 fully saturated rings. The number of aliphatic hydroxyl groups excluding tert-OH is 14. The van der Waals surface area contributed by atoms with Crippen LogP contribution in [-0.2, 0) is 42.6 Å². The molecule has 0 aromatic heterocycles. The van der Waals surface area contributed by atoms with E-state index in [9.17, 15) is 71.5 Å². The number of methoxy groups -OCH3 is 1. The molecule has 0 spiro atoms. The van der Waals surface area contributed by atoms with E-state index < -0.39 is 155 Å². The zero-order valence-electron chi connectivity index (χ0n) is 43.8. The SMILES string of the molecule is CO[C@@H]1CC[C@@]2(C)[C@H](CC[C@@H]3[C@@H]2CC[C@]2(C)[C@@H]([C@H](C)CCCC(CO[C@@H]4OC(CO)C(OC5OC(CO)[C@@H](O)[C@H](O)C5O)[C@H](O)C4O)CO[C@@H]4OC(CO)[C@@H](O[C@H]5OC(CO)[C@@H](O)[C@H](O)C5O)[C@H](O)C4O)CC[C@@H]32)C1. The van der Waals surface area contributed by atoms with Crippen LogP contribution >= 0.6 is 0 Å². The Morgan fingerprint density at radius 2 is 0.960 bits per heavy atom. The van der Waals surface area contributed by atoms with Crippen LogP contribution in [0.5, 0.6) is 0 Å². The van der Waals surface area contributed by atoms with Gasteiger partial charge in [0, 0.05) is 13.0 Å². The van der Waals surface area contributed by atoms with Crippen LogP contribution in [0.2, 0.25) is 0 Å². The second-order valence-corrected chi connectivity index (χ2v) is 24.0. The number of aliphatic hydroxyl groups is 14. The summed E-state index contributed by atoms with van der Waals surface area (Å²) in [5.41, 5.74) is 0.589. The van der Waals surface area contributed by atoms with E-state index in [1.54, 1.807) is 0 Å². The fourth-order valence-corrected chi connectivity index (χ4v) is 15.4. The van der Waals surface area contributed by atoms with E-state index in [1.807, 2.05) is 7.11 Å². The molecule has 4 saturated carbocycles. The zero-order chi connectivity index (χ0) is 54.3. The van der Waals surface area contributed by atoms with E-state index in [1.165, 1.54) is 51.4 Å². The van der Waals surface area contributed by atoms with Gasteiger partial charge in [-0.05, 0) is 111 Å². The molecule has 75 heavy (non-hydrogen) atoms. The summed E-state index contributed by atoms with van der Waals surface area (Å²) in [6.07, 6.45) is -19.4. The first-order valence-electron chi connectivity index (χ1n) is 27.7. The molecule has 0 aromatic rings. The molecule has 30 atom stereocenters. The molecule has 0 bridgehead atoms. The molecule has 4 aliphatic heterocycles. The van der Waals surface area contributed by atoms with Gasteiger partial charge < -0.3 is 114 Å². The number of fused-ring (bicyclic) bond motifs is 5. The van der Waals surface area contributed by atoms with Crippen molar-refractivity contribution in [1.29, 1.82) is 0 Å². The minimum atomic E-state index is -1.84. The molecular formula is C52H90O23. The number of hydrogen-bond donors (Lipinski definition) is 14. The first-order chi connectivity index (χ1) is 35.7. The van der Waals surface area contributed by atoms with E-state index in [2.05, 4.69) is 20.8 Å². The van der Waals surface area contributed by atoms with E-state index >= 15 is 0 Å². The molecule has 4 saturated heterocycles. The fourth-order valence-electron chi connectivity index (χ4n) is 15.4. The van der Waals surface area contributed by atoms with Crippen LogP contribution < -0.4 is 0 Å². The minimum Gasteiger partial charge on any atom is -0.394 e. The molecule has 8 aliphatic rings. The maximum Gasteiger partial charge on any atom is 0.187 e. The van der Waals surface area contributed by atoms with Crippen LogP contribution in [0.4, 0.5) is 0 Å². The van der Waals surface area contributed by atoms with Gasteiger partial charge in [0.15, 0.2) is 25.2 Å². The molecule has 14 N–H and O–H groups in total. The van der Waals surface area contributed by atoms with Crippen molar-refractivity contribution in [3.05, 3.63) is 0 Å². The summed E-state index contributed by atoms with van der Waals surface area (Å²) in [6.45, 7) is 4.12. The molecule has 0 aromatic carbocycles. The van der Waals surface area contributed by atoms with E-state index in [4.69, 9.17) is 42.6 Å². The number of rotatable bonds is 20. The van der Waals surface area contributed by atoms with Gasteiger partial charge in [-0.2, -0.15) is 0 Å². The normalized spacial score (nSPS) is 51.1. The highest BCUT2D eigenvalue weighted by Crippen LogP contribution is 2.68. The second-order valence-electron chi connectivity index (χ2n) is 24.0. The van der Waals surface area contributed by atoms with Crippen molar-refractivity contribution in [1.82, 2.24) is 0 Å². The lowest BCUT2D eigenvalue weighted by Crippen LogP contribution is -2.65. The van der Waals surface area contributed by atoms with Crippen molar-refractivity contribution in [2.75, 3.05) is 46.8 Å². The summed E-state index contributed by atoms with van der Waals surface area (Å²) in [5, 5.41) is 148. The van der Waals surface area contributed by atoms with E-state index in [0.717, 1.165) is 31.1 Å². The highest BCUT2D eigenvalue weighted by Gasteiger charge is 2.61. The van der Waals surface area contributed by atoms with Crippen LogP contribution in [0, 0.1) is 52.3 Å². The number of ether oxygens (including phenoxy) is 9. The Morgan fingerprint density at radius 3 is 1.45 bits per heavy atom. The monoisotopic (exact) mass is 1080 g/mol. The molecule has 23 heteroatoms. The van der Waals surface area contributed by atoms with Crippen molar-refractivity contribution in [3.8, 4) is 0 Å². The summed E-state index contributed by atoms with van der Waals surface area (Å²) in [5.74, 6) is 3.28. The number of hydrogen-bond acceptors (Lipinski definition) is 23. The maximum absolute atomic E-state index is 11.3. The molecule has 4 heterocycles. The first-order valence-corrected chi connectivity index (χ1v) is 27.7. The van der Waals surface area contributed by atoms with Gasteiger partial charge in [-0.25, -0.2) is 0 Å². The third-order valence-electron chi connectivity index (χ3n) is 19.9. The lowest BCUT2D eigenvalue weighted by Gasteiger charge is -2.61. The molecule has 8 rings (SSSR count). The standard InChI is InChI=1S/C52H90O23/c1-23(28-10-11-29-27-9-8-25-16-26(67-4)12-14-51(25,2)30(27)13-15-52(28,29)3)6-5-7-24(21-68-47-43(65)39(61)45(33(19-55)72-47)74-49-41(63)37(59)35(57)31(17-53)70-49)22-69-48-44(66)40(62)46(34(20-56)73-48)75-50-42(64)38(60)36(58)32(18-54)71-50/h23-50,53-66H,5-22H2,1-4H3/t23-,24?,25-,26-,27+,28-,29+,30+,31?,32?,33?,34?,35-,36-,37+,38+,39-,40-,41?,42?,43?,44?,45-,46?,47-,48-,49-,50?,51+,52-/m1/s1. The van der Waals surface area contributed by atoms with E-state index in [0.29, 0.717) is 41.6 Å². The zero-order valence-corrected chi connectivity index (χ0v) is 43.8. The van der Waals surface area contributed by atoms with Crippen molar-refractivity contribution < 1.29 is 114 Å². The molecule has 0 amide bonds. The first kappa shape index (κ1) is 60.2. The second kappa shape index (κ2) is 25.5. The average Bonchev–Trinajstić information content (AvgIpc) is 3.79. The van der Waals surface area contributed by atoms with Crippen LogP contribution in [-0.4, -0.2) is 247 Å². The Balaban J connectivity index is 0.918. The molecule has 23 nitrogen and oxygen atoms in total. The molecule has 11 unspecified atom stereocenters. The van der Waals surface area contributed by atoms with Gasteiger partial charge in [-0.15, -0.1) is 0 Å². The fraction of sp³-hybridized carbons (Fsp3) is 1.00. The predicted octanol–water partition coefficient (Wildman–Crippen LogP) is -2.64. The summed E-state index contributed by atoms with van der Waals surface area (Å²) >= 11 is 0. The topological polar surface area (TPSA) is 366 Å². The lowest BCUT2D eigenvalue weighted by molar-refractivity contribution is -0.363. The van der Waals surface area contributed by atoms with Gasteiger partial charge in [-0.1, -0.05) is 33.6 Å². The summed E-state index contributed by atoms with van der Waals surface area (Å²) in [6, 6.07) is 0. The average molecular weight is 1080 g/mol. The Bertz CT molecular complexity index is 1690. The highest BCUT2D eigenvalue weighted by molar-refractivity contribution is 5.10. The Kier molecular flexibility index (Phi) is 20.4. The molecule has 436 valence electrons. The summed E-state index contributed by atoms with van der Waals surface area (Å²) in [7, 11) is 1.85. The van der Waals surface area contributed by atoms with Gasteiger partial charge in [0.05, 0.1) is 45.7 Å².